The number of fused-ring (bicyclic) bond motifs is 1. The van der Waals surface area contributed by atoms with Crippen LogP contribution in [0.15, 0.2) is 35.1 Å². The van der Waals surface area contributed by atoms with Gasteiger partial charge in [0.05, 0.1) is 6.42 Å². The molecule has 0 saturated carbocycles. The third kappa shape index (κ3) is 4.71. The molecule has 0 aliphatic carbocycles. The average Bonchev–Trinajstić information content (AvgIpc) is 3.12. The van der Waals surface area contributed by atoms with Gasteiger partial charge in [0.1, 0.15) is 0 Å². The molecule has 1 fully saturated rings. The van der Waals surface area contributed by atoms with Crippen LogP contribution >= 0.6 is 0 Å². The van der Waals surface area contributed by atoms with E-state index >= 15 is 0 Å². The molecular formula is C24H31N5O2. The number of nitrogens with one attached hydrogen (secondary N) is 2. The monoisotopic (exact) mass is 421 g/mol. The number of hydrogen-bond acceptors (Lipinski definition) is 4. The summed E-state index contributed by atoms with van der Waals surface area (Å²) in [4.78, 5) is 31.4. The number of rotatable bonds is 6. The van der Waals surface area contributed by atoms with Crippen LogP contribution in [0.5, 0.6) is 0 Å². The summed E-state index contributed by atoms with van der Waals surface area (Å²) in [5, 5.41) is 5.82. The predicted molar refractivity (Wildman–Crippen MR) is 121 cm³/mol. The van der Waals surface area contributed by atoms with Gasteiger partial charge in [-0.2, -0.15) is 0 Å². The molecular weight excluding hydrogens is 390 g/mol. The predicted octanol–water partition coefficient (Wildman–Crippen LogP) is 2.87. The highest BCUT2D eigenvalue weighted by atomic mass is 16.1. The van der Waals surface area contributed by atoms with Crippen LogP contribution in [0.2, 0.25) is 0 Å². The van der Waals surface area contributed by atoms with Crippen LogP contribution in [0, 0.1) is 13.8 Å². The van der Waals surface area contributed by atoms with Gasteiger partial charge in [-0.25, -0.2) is 9.50 Å². The molecule has 1 aliphatic heterocycles. The Morgan fingerprint density at radius 1 is 1.23 bits per heavy atom. The zero-order valence-electron chi connectivity index (χ0n) is 18.6. The molecule has 7 nitrogen and oxygen atoms in total. The van der Waals surface area contributed by atoms with E-state index in [0.29, 0.717) is 18.2 Å². The third-order valence-electron chi connectivity index (χ3n) is 6.45. The fourth-order valence-corrected chi connectivity index (χ4v) is 4.52. The molecule has 3 heterocycles. The number of hydrogen-bond donors (Lipinski definition) is 2. The first-order chi connectivity index (χ1) is 14.9. The van der Waals surface area contributed by atoms with Crippen molar-refractivity contribution in [3.05, 3.63) is 68.8 Å². The highest BCUT2D eigenvalue weighted by Gasteiger charge is 2.19. The minimum atomic E-state index is -0.198. The molecule has 0 radical (unpaired) electrons. The summed E-state index contributed by atoms with van der Waals surface area (Å²) in [6.45, 7) is 8.64. The lowest BCUT2D eigenvalue weighted by molar-refractivity contribution is -0.120. The van der Waals surface area contributed by atoms with Gasteiger partial charge < -0.3 is 5.32 Å². The Labute approximate surface area is 182 Å². The van der Waals surface area contributed by atoms with Crippen molar-refractivity contribution in [2.75, 3.05) is 6.54 Å². The van der Waals surface area contributed by atoms with E-state index in [9.17, 15) is 9.59 Å². The first-order valence-electron chi connectivity index (χ1n) is 11.1. The molecule has 2 N–H and O–H groups in total. The van der Waals surface area contributed by atoms with Gasteiger partial charge in [-0.15, -0.1) is 0 Å². The summed E-state index contributed by atoms with van der Waals surface area (Å²) >= 11 is 0. The molecule has 164 valence electrons. The molecule has 1 atom stereocenters. The molecule has 1 aliphatic rings. The van der Waals surface area contributed by atoms with E-state index in [0.717, 1.165) is 35.6 Å². The Balaban J connectivity index is 1.44. The largest absolute Gasteiger partial charge is 0.352 e. The number of H-pyrrole nitrogens is 1. The summed E-state index contributed by atoms with van der Waals surface area (Å²) < 4.78 is 1.65. The van der Waals surface area contributed by atoms with E-state index in [1.807, 2.05) is 19.9 Å². The molecule has 7 heteroatoms. The van der Waals surface area contributed by atoms with Crippen molar-refractivity contribution in [2.24, 2.45) is 0 Å². The number of carbonyl (C=O) groups excluding carboxylic acids is 1. The van der Waals surface area contributed by atoms with Gasteiger partial charge in [-0.3, -0.25) is 19.6 Å². The fraction of sp³-hybridized carbons (Fsp3) is 0.458. The molecule has 2 aromatic heterocycles. The van der Waals surface area contributed by atoms with Crippen LogP contribution < -0.4 is 10.9 Å². The molecule has 1 saturated heterocycles. The highest BCUT2D eigenvalue weighted by molar-refractivity contribution is 5.79. The van der Waals surface area contributed by atoms with Gasteiger partial charge in [-0.05, 0) is 51.3 Å². The lowest BCUT2D eigenvalue weighted by atomic mass is 10.0. The molecule has 0 bridgehead atoms. The van der Waals surface area contributed by atoms with Gasteiger partial charge in [0.25, 0.3) is 5.56 Å². The first kappa shape index (κ1) is 21.3. The molecule has 4 rings (SSSR count). The third-order valence-corrected chi connectivity index (χ3v) is 6.45. The van der Waals surface area contributed by atoms with E-state index in [1.54, 1.807) is 4.52 Å². The van der Waals surface area contributed by atoms with Crippen LogP contribution in [-0.4, -0.2) is 38.0 Å². The quantitative estimate of drug-likeness (QED) is 0.641. The van der Waals surface area contributed by atoms with Crippen molar-refractivity contribution < 1.29 is 4.79 Å². The number of piperidine rings is 1. The van der Waals surface area contributed by atoms with Crippen molar-refractivity contribution in [3.8, 4) is 0 Å². The number of amides is 1. The van der Waals surface area contributed by atoms with Gasteiger partial charge in [0, 0.05) is 42.1 Å². The van der Waals surface area contributed by atoms with Crippen molar-refractivity contribution in [3.63, 3.8) is 0 Å². The number of likely N-dealkylation sites (tertiary alicyclic amines) is 1. The minimum absolute atomic E-state index is 0.0528. The van der Waals surface area contributed by atoms with Gasteiger partial charge >= 0.3 is 0 Å². The van der Waals surface area contributed by atoms with Crippen molar-refractivity contribution in [2.45, 2.75) is 65.6 Å². The van der Waals surface area contributed by atoms with E-state index in [1.165, 1.54) is 30.9 Å². The molecule has 31 heavy (non-hydrogen) atoms. The van der Waals surface area contributed by atoms with E-state index in [2.05, 4.69) is 45.4 Å². The standard InChI is InChI=1S/C24H31N5O2/c1-16-8-6-7-11-28(16)15-20-10-5-4-9-19(20)14-25-23(30)12-21-17(2)26-22-13-24(31)27-29(22)18(21)3/h4-5,9-10,13,16H,6-8,11-12,14-15H2,1-3H3,(H,25,30)(H,27,31). The molecule has 1 aromatic carbocycles. The van der Waals surface area contributed by atoms with Crippen molar-refractivity contribution >= 4 is 11.6 Å². The zero-order valence-corrected chi connectivity index (χ0v) is 18.6. The Kier molecular flexibility index (Phi) is 6.23. The summed E-state index contributed by atoms with van der Waals surface area (Å²) in [6, 6.07) is 10.4. The zero-order chi connectivity index (χ0) is 22.0. The van der Waals surface area contributed by atoms with E-state index < -0.39 is 0 Å². The SMILES string of the molecule is Cc1nc2cc(=O)[nH]n2c(C)c1CC(=O)NCc1ccccc1CN1CCCCC1C. The van der Waals surface area contributed by atoms with Crippen molar-refractivity contribution in [1.82, 2.24) is 24.8 Å². The number of aryl methyl sites for hydroxylation is 2. The van der Waals surface area contributed by atoms with E-state index in [-0.39, 0.29) is 17.9 Å². The number of benzene rings is 1. The fourth-order valence-electron chi connectivity index (χ4n) is 4.52. The minimum Gasteiger partial charge on any atom is -0.352 e. The number of carbonyl (C=O) groups is 1. The van der Waals surface area contributed by atoms with Crippen LogP contribution in [-0.2, 0) is 24.3 Å². The Morgan fingerprint density at radius 2 is 2.00 bits per heavy atom. The lowest BCUT2D eigenvalue weighted by Gasteiger charge is -2.33. The maximum Gasteiger partial charge on any atom is 0.266 e. The van der Waals surface area contributed by atoms with Crippen LogP contribution in [0.1, 0.15) is 54.3 Å². The first-order valence-corrected chi connectivity index (χ1v) is 11.1. The van der Waals surface area contributed by atoms with Gasteiger partial charge in [-0.1, -0.05) is 30.7 Å². The second-order valence-corrected chi connectivity index (χ2v) is 8.61. The Hall–Kier alpha value is -2.93. The van der Waals surface area contributed by atoms with Crippen LogP contribution in [0.3, 0.4) is 0 Å². The smallest absolute Gasteiger partial charge is 0.266 e. The topological polar surface area (TPSA) is 82.5 Å². The normalized spacial score (nSPS) is 17.2. The van der Waals surface area contributed by atoms with E-state index in [4.69, 9.17) is 0 Å². The number of aromatic amines is 1. The number of nitrogens with zero attached hydrogens (tertiary/aromatic N) is 3. The molecule has 1 amide bonds. The molecule has 1 unspecified atom stereocenters. The Morgan fingerprint density at radius 3 is 2.77 bits per heavy atom. The maximum absolute atomic E-state index is 12.8. The van der Waals surface area contributed by atoms with Gasteiger partial charge in [0.15, 0.2) is 5.65 Å². The summed E-state index contributed by atoms with van der Waals surface area (Å²) in [7, 11) is 0. The van der Waals surface area contributed by atoms with Gasteiger partial charge in [0.2, 0.25) is 5.91 Å². The highest BCUT2D eigenvalue weighted by Crippen LogP contribution is 2.21. The molecule has 0 spiro atoms. The number of aromatic nitrogens is 3. The summed E-state index contributed by atoms with van der Waals surface area (Å²) in [5.41, 5.74) is 5.25. The summed E-state index contributed by atoms with van der Waals surface area (Å²) in [5.74, 6) is -0.0528. The average molecular weight is 422 g/mol. The lowest BCUT2D eigenvalue weighted by Crippen LogP contribution is -2.37. The van der Waals surface area contributed by atoms with Crippen LogP contribution in [0.25, 0.3) is 5.65 Å². The second-order valence-electron chi connectivity index (χ2n) is 8.61. The van der Waals surface area contributed by atoms with Crippen molar-refractivity contribution in [1.29, 1.82) is 0 Å². The Bertz CT molecular complexity index is 1150. The molecule has 3 aromatic rings. The van der Waals surface area contributed by atoms with Crippen LogP contribution in [0.4, 0.5) is 0 Å². The second kappa shape index (κ2) is 9.06. The maximum atomic E-state index is 12.8. The summed E-state index contributed by atoms with van der Waals surface area (Å²) in [6.07, 6.45) is 4.05.